The molecule has 0 aliphatic rings. The van der Waals surface area contributed by atoms with Crippen LogP contribution < -0.4 is 9.47 Å². The zero-order chi connectivity index (χ0) is 15.0. The molecule has 0 radical (unpaired) electrons. The molecule has 0 amide bonds. The zero-order valence-corrected chi connectivity index (χ0v) is 12.6. The third-order valence-corrected chi connectivity index (χ3v) is 2.97. The fraction of sp³-hybridized carbons (Fsp3) is 0.267. The summed E-state index contributed by atoms with van der Waals surface area (Å²) < 4.78 is 11.6. The van der Waals surface area contributed by atoms with E-state index in [-0.39, 0.29) is 0 Å². The molecule has 0 atom stereocenters. The fourth-order valence-electron chi connectivity index (χ4n) is 1.49. The van der Waals surface area contributed by atoms with E-state index in [1.807, 2.05) is 0 Å². The van der Waals surface area contributed by atoms with Crippen molar-refractivity contribution in [3.05, 3.63) is 28.2 Å². The quantitative estimate of drug-likeness (QED) is 0.470. The molecule has 1 N–H and O–H groups in total. The minimum absolute atomic E-state index is 0.490. The number of ether oxygens (including phenoxy) is 2. The molecule has 0 fully saturated rings. The summed E-state index contributed by atoms with van der Waals surface area (Å²) in [5.41, 5.74) is 0.701. The smallest absolute Gasteiger partial charge is 0.328 e. The van der Waals surface area contributed by atoms with Crippen molar-refractivity contribution < 1.29 is 19.4 Å². The first kappa shape index (κ1) is 16.1. The number of carboxylic acids is 1. The predicted molar refractivity (Wildman–Crippen MR) is 80.9 cm³/mol. The normalized spacial score (nSPS) is 10.2. The minimum Gasteiger partial charge on any atom is -0.493 e. The van der Waals surface area contributed by atoms with E-state index in [0.717, 1.165) is 12.5 Å². The van der Waals surface area contributed by atoms with Crippen LogP contribution in [0.3, 0.4) is 0 Å². The standard InChI is InChI=1S/C15H15BrO4/c1-3-4-5-8-20-15-12(16)9-11(6-7-14(17)18)10-13(15)19-2/h1,6-7,9-10H,4-5,8H2,2H3,(H,17,18)/b7-6+. The largest absolute Gasteiger partial charge is 0.493 e. The Morgan fingerprint density at radius 2 is 2.30 bits per heavy atom. The van der Waals surface area contributed by atoms with Crippen molar-refractivity contribution in [3.63, 3.8) is 0 Å². The first-order valence-electron chi connectivity index (χ1n) is 5.93. The van der Waals surface area contributed by atoms with E-state index in [2.05, 4.69) is 21.9 Å². The summed E-state index contributed by atoms with van der Waals surface area (Å²) in [6.07, 6.45) is 9.13. The van der Waals surface area contributed by atoms with Crippen LogP contribution in [0.5, 0.6) is 11.5 Å². The molecule has 5 heteroatoms. The van der Waals surface area contributed by atoms with Gasteiger partial charge in [-0.05, 0) is 46.1 Å². The highest BCUT2D eigenvalue weighted by Crippen LogP contribution is 2.37. The molecule has 1 rings (SSSR count). The Balaban J connectivity index is 2.90. The molecule has 1 aromatic rings. The molecule has 4 nitrogen and oxygen atoms in total. The highest BCUT2D eigenvalue weighted by Gasteiger charge is 2.10. The second-order valence-corrected chi connectivity index (χ2v) is 4.72. The van der Waals surface area contributed by atoms with E-state index < -0.39 is 5.97 Å². The molecular formula is C15H15BrO4. The summed E-state index contributed by atoms with van der Waals surface area (Å²) in [5.74, 6) is 2.65. The van der Waals surface area contributed by atoms with Gasteiger partial charge >= 0.3 is 5.97 Å². The number of carbonyl (C=O) groups is 1. The van der Waals surface area contributed by atoms with Gasteiger partial charge in [0, 0.05) is 12.5 Å². The molecule has 0 saturated carbocycles. The minimum atomic E-state index is -1.00. The van der Waals surface area contributed by atoms with E-state index in [1.165, 1.54) is 13.2 Å². The van der Waals surface area contributed by atoms with Crippen LogP contribution in [0.1, 0.15) is 18.4 Å². The number of methoxy groups -OCH3 is 1. The van der Waals surface area contributed by atoms with Gasteiger partial charge in [-0.25, -0.2) is 4.79 Å². The van der Waals surface area contributed by atoms with Gasteiger partial charge in [0.1, 0.15) is 0 Å². The number of terminal acetylenes is 1. The lowest BCUT2D eigenvalue weighted by Crippen LogP contribution is -2.00. The van der Waals surface area contributed by atoms with Crippen molar-refractivity contribution in [2.45, 2.75) is 12.8 Å². The van der Waals surface area contributed by atoms with Crippen molar-refractivity contribution in [2.24, 2.45) is 0 Å². The summed E-state index contributed by atoms with van der Waals surface area (Å²) in [6.45, 7) is 0.490. The Labute approximate surface area is 126 Å². The molecule has 0 saturated heterocycles. The lowest BCUT2D eigenvalue weighted by molar-refractivity contribution is -0.131. The second-order valence-electron chi connectivity index (χ2n) is 3.86. The first-order chi connectivity index (χ1) is 9.58. The van der Waals surface area contributed by atoms with Crippen LogP contribution in [0.15, 0.2) is 22.7 Å². The lowest BCUT2D eigenvalue weighted by atomic mass is 10.2. The second kappa shape index (κ2) is 8.28. The van der Waals surface area contributed by atoms with Crippen molar-refractivity contribution in [2.75, 3.05) is 13.7 Å². The van der Waals surface area contributed by atoms with Crippen LogP contribution in [0.4, 0.5) is 0 Å². The van der Waals surface area contributed by atoms with E-state index in [9.17, 15) is 4.79 Å². The average Bonchev–Trinajstić information content (AvgIpc) is 2.42. The van der Waals surface area contributed by atoms with Gasteiger partial charge in [0.2, 0.25) is 0 Å². The monoisotopic (exact) mass is 338 g/mol. The molecular weight excluding hydrogens is 324 g/mol. The molecule has 20 heavy (non-hydrogen) atoms. The van der Waals surface area contributed by atoms with E-state index in [1.54, 1.807) is 12.1 Å². The Kier molecular flexibility index (Phi) is 6.68. The molecule has 0 aliphatic heterocycles. The van der Waals surface area contributed by atoms with Crippen LogP contribution in [-0.2, 0) is 4.79 Å². The number of benzene rings is 1. The van der Waals surface area contributed by atoms with Gasteiger partial charge in [-0.2, -0.15) is 0 Å². The Bertz CT molecular complexity index is 544. The van der Waals surface area contributed by atoms with Crippen molar-refractivity contribution in [1.29, 1.82) is 0 Å². The predicted octanol–water partition coefficient (Wildman–Crippen LogP) is 3.35. The number of rotatable bonds is 7. The number of carboxylic acid groups (broad SMARTS) is 1. The molecule has 0 heterocycles. The third-order valence-electron chi connectivity index (χ3n) is 2.38. The molecule has 0 bridgehead atoms. The van der Waals surface area contributed by atoms with Crippen LogP contribution in [0, 0.1) is 12.3 Å². The fourth-order valence-corrected chi connectivity index (χ4v) is 2.07. The average molecular weight is 339 g/mol. The van der Waals surface area contributed by atoms with Gasteiger partial charge in [-0.15, -0.1) is 12.3 Å². The van der Waals surface area contributed by atoms with Gasteiger partial charge in [0.25, 0.3) is 0 Å². The van der Waals surface area contributed by atoms with Gasteiger partial charge in [-0.3, -0.25) is 0 Å². The van der Waals surface area contributed by atoms with Crippen LogP contribution >= 0.6 is 15.9 Å². The van der Waals surface area contributed by atoms with E-state index in [4.69, 9.17) is 21.0 Å². The summed E-state index contributed by atoms with van der Waals surface area (Å²) in [5, 5.41) is 8.62. The Morgan fingerprint density at radius 3 is 2.90 bits per heavy atom. The first-order valence-corrected chi connectivity index (χ1v) is 6.72. The summed E-state index contributed by atoms with van der Waals surface area (Å²) >= 11 is 3.39. The Morgan fingerprint density at radius 1 is 1.55 bits per heavy atom. The number of unbranched alkanes of at least 4 members (excludes halogenated alkanes) is 1. The molecule has 0 aromatic heterocycles. The third kappa shape index (κ3) is 4.98. The maximum atomic E-state index is 10.5. The number of halogens is 1. The summed E-state index contributed by atoms with van der Waals surface area (Å²) in [7, 11) is 1.53. The van der Waals surface area contributed by atoms with Crippen LogP contribution in [-0.4, -0.2) is 24.8 Å². The Hall–Kier alpha value is -1.93. The van der Waals surface area contributed by atoms with Gasteiger partial charge in [0.15, 0.2) is 11.5 Å². The van der Waals surface area contributed by atoms with Crippen molar-refractivity contribution in [3.8, 4) is 23.8 Å². The SMILES string of the molecule is C#CCCCOc1c(Br)cc(/C=C/C(=O)O)cc1OC. The maximum Gasteiger partial charge on any atom is 0.328 e. The van der Waals surface area contributed by atoms with Gasteiger partial charge in [0.05, 0.1) is 18.2 Å². The molecule has 0 aliphatic carbocycles. The topological polar surface area (TPSA) is 55.8 Å². The highest BCUT2D eigenvalue weighted by molar-refractivity contribution is 9.10. The molecule has 1 aromatic carbocycles. The van der Waals surface area contributed by atoms with Crippen molar-refractivity contribution >= 4 is 28.0 Å². The van der Waals surface area contributed by atoms with Gasteiger partial charge < -0.3 is 14.6 Å². The lowest BCUT2D eigenvalue weighted by Gasteiger charge is -2.13. The van der Waals surface area contributed by atoms with Gasteiger partial charge in [-0.1, -0.05) is 0 Å². The van der Waals surface area contributed by atoms with Crippen molar-refractivity contribution in [1.82, 2.24) is 0 Å². The number of aliphatic carboxylic acids is 1. The highest BCUT2D eigenvalue weighted by atomic mass is 79.9. The number of hydrogen-bond acceptors (Lipinski definition) is 3. The molecule has 0 spiro atoms. The number of hydrogen-bond donors (Lipinski definition) is 1. The maximum absolute atomic E-state index is 10.5. The van der Waals surface area contributed by atoms with Crippen LogP contribution in [0.25, 0.3) is 6.08 Å². The molecule has 106 valence electrons. The van der Waals surface area contributed by atoms with E-state index in [0.29, 0.717) is 34.6 Å². The summed E-state index contributed by atoms with van der Waals surface area (Å²) in [4.78, 5) is 10.5. The summed E-state index contributed by atoms with van der Waals surface area (Å²) in [6, 6.07) is 3.47. The van der Waals surface area contributed by atoms with Crippen LogP contribution in [0.2, 0.25) is 0 Å². The van der Waals surface area contributed by atoms with E-state index >= 15 is 0 Å². The molecule has 0 unspecified atom stereocenters. The zero-order valence-electron chi connectivity index (χ0n) is 11.1.